The van der Waals surface area contributed by atoms with Crippen molar-refractivity contribution in [3.63, 3.8) is 0 Å². The van der Waals surface area contributed by atoms with E-state index in [2.05, 4.69) is 27.4 Å². The molecule has 172 valence electrons. The predicted molar refractivity (Wildman–Crippen MR) is 121 cm³/mol. The van der Waals surface area contributed by atoms with Crippen molar-refractivity contribution in [2.45, 2.75) is 45.1 Å². The zero-order valence-corrected chi connectivity index (χ0v) is 19.1. The highest BCUT2D eigenvalue weighted by Gasteiger charge is 2.36. The van der Waals surface area contributed by atoms with Gasteiger partial charge < -0.3 is 19.2 Å². The van der Waals surface area contributed by atoms with Crippen molar-refractivity contribution in [3.05, 3.63) is 59.7 Å². The number of nitrogens with one attached hydrogen (secondary N) is 1. The van der Waals surface area contributed by atoms with Gasteiger partial charge in [-0.1, -0.05) is 25.1 Å². The molecule has 0 spiro atoms. The number of carbonyl (C=O) groups is 1. The molecule has 1 saturated heterocycles. The third-order valence-electron chi connectivity index (χ3n) is 6.03. The summed E-state index contributed by atoms with van der Waals surface area (Å²) in [5.41, 5.74) is 1.32. The molecule has 2 aliphatic rings. The Hall–Kier alpha value is -3.26. The third-order valence-corrected chi connectivity index (χ3v) is 6.03. The second kappa shape index (κ2) is 8.26. The molecule has 0 unspecified atom stereocenters. The zero-order valence-electron chi connectivity index (χ0n) is 19.1. The van der Waals surface area contributed by atoms with Crippen LogP contribution in [0.25, 0.3) is 11.5 Å². The van der Waals surface area contributed by atoms with Crippen LogP contribution >= 0.6 is 0 Å². The normalized spacial score (nSPS) is 17.3. The first-order chi connectivity index (χ1) is 15.8. The van der Waals surface area contributed by atoms with Gasteiger partial charge in [-0.25, -0.2) is 0 Å². The van der Waals surface area contributed by atoms with E-state index in [4.69, 9.17) is 13.9 Å². The minimum absolute atomic E-state index is 0.0168. The van der Waals surface area contributed by atoms with Crippen molar-refractivity contribution >= 4 is 5.91 Å². The molecule has 33 heavy (non-hydrogen) atoms. The van der Waals surface area contributed by atoms with Crippen LogP contribution in [0.5, 0.6) is 5.75 Å². The summed E-state index contributed by atoms with van der Waals surface area (Å²) in [7, 11) is 0. The molecule has 2 aromatic heterocycles. The number of benzene rings is 1. The zero-order chi connectivity index (χ0) is 23.1. The molecule has 1 N–H and O–H groups in total. The summed E-state index contributed by atoms with van der Waals surface area (Å²) in [5.74, 6) is 1.58. The molecule has 3 heterocycles. The molecule has 1 amide bonds. The number of pyridine rings is 1. The van der Waals surface area contributed by atoms with Crippen LogP contribution in [0.3, 0.4) is 0 Å². The molecule has 1 saturated carbocycles. The second-order valence-corrected chi connectivity index (χ2v) is 9.83. The molecule has 5 rings (SSSR count). The van der Waals surface area contributed by atoms with Crippen molar-refractivity contribution in [2.24, 2.45) is 5.41 Å². The number of carbonyl (C=O) groups excluding carboxylic acids is 1. The minimum Gasteiger partial charge on any atom is -0.492 e. The summed E-state index contributed by atoms with van der Waals surface area (Å²) in [6.07, 6.45) is 4.02. The molecule has 0 atom stereocenters. The topological polar surface area (TPSA) is 99.4 Å². The Bertz CT molecular complexity index is 1150. The molecule has 8 heteroatoms. The predicted octanol–water partition coefficient (Wildman–Crippen LogP) is 4.09. The van der Waals surface area contributed by atoms with Gasteiger partial charge >= 0.3 is 0 Å². The second-order valence-electron chi connectivity index (χ2n) is 9.83. The number of hydrogen-bond donors (Lipinski definition) is 1. The SMILES string of the molecule is CC1(COc2cc(C(=O)NC(C)(C)c3nnc(-c4ccccc4)o3)ncc2C2CC2)COC1. The van der Waals surface area contributed by atoms with E-state index in [1.807, 2.05) is 44.2 Å². The van der Waals surface area contributed by atoms with Crippen molar-refractivity contribution in [1.82, 2.24) is 20.5 Å². The fourth-order valence-corrected chi connectivity index (χ4v) is 3.76. The highest BCUT2D eigenvalue weighted by molar-refractivity contribution is 5.93. The average molecular weight is 449 g/mol. The van der Waals surface area contributed by atoms with Crippen molar-refractivity contribution in [1.29, 1.82) is 0 Å². The molecule has 0 radical (unpaired) electrons. The molecule has 1 aliphatic heterocycles. The molecule has 8 nitrogen and oxygen atoms in total. The van der Waals surface area contributed by atoms with Crippen molar-refractivity contribution in [2.75, 3.05) is 19.8 Å². The smallest absolute Gasteiger partial charge is 0.270 e. The quantitative estimate of drug-likeness (QED) is 0.554. The molecule has 1 aliphatic carbocycles. The maximum Gasteiger partial charge on any atom is 0.270 e. The summed E-state index contributed by atoms with van der Waals surface area (Å²) in [4.78, 5) is 17.5. The molecule has 2 fully saturated rings. The first-order valence-corrected chi connectivity index (χ1v) is 11.3. The average Bonchev–Trinajstić information content (AvgIpc) is 3.51. The Labute approximate surface area is 192 Å². The van der Waals surface area contributed by atoms with E-state index < -0.39 is 5.54 Å². The Kier molecular flexibility index (Phi) is 5.40. The molecule has 0 bridgehead atoms. The number of rotatable bonds is 8. The maximum atomic E-state index is 13.1. The summed E-state index contributed by atoms with van der Waals surface area (Å²) in [6.45, 7) is 7.70. The van der Waals surface area contributed by atoms with Crippen LogP contribution in [-0.4, -0.2) is 40.9 Å². The summed E-state index contributed by atoms with van der Waals surface area (Å²) in [6, 6.07) is 11.3. The fourth-order valence-electron chi connectivity index (χ4n) is 3.76. The van der Waals surface area contributed by atoms with Gasteiger partial charge in [0.1, 0.15) is 17.0 Å². The van der Waals surface area contributed by atoms with Crippen LogP contribution in [0, 0.1) is 5.41 Å². The number of nitrogens with zero attached hydrogens (tertiary/aromatic N) is 3. The lowest BCUT2D eigenvalue weighted by Gasteiger charge is -2.37. The van der Waals surface area contributed by atoms with E-state index in [1.165, 1.54) is 0 Å². The van der Waals surface area contributed by atoms with E-state index in [0.29, 0.717) is 43.2 Å². The van der Waals surface area contributed by atoms with Crippen molar-refractivity contribution in [3.8, 4) is 17.2 Å². The summed E-state index contributed by atoms with van der Waals surface area (Å²) >= 11 is 0. The highest BCUT2D eigenvalue weighted by atomic mass is 16.5. The first kappa shape index (κ1) is 21.6. The van der Waals surface area contributed by atoms with Gasteiger partial charge in [0.2, 0.25) is 11.8 Å². The minimum atomic E-state index is -0.883. The Morgan fingerprint density at radius 1 is 1.21 bits per heavy atom. The van der Waals surface area contributed by atoms with Crippen LogP contribution in [0.1, 0.15) is 61.5 Å². The molecule has 1 aromatic carbocycles. The van der Waals surface area contributed by atoms with Crippen LogP contribution in [0.4, 0.5) is 0 Å². The number of aromatic nitrogens is 3. The monoisotopic (exact) mass is 448 g/mol. The Balaban J connectivity index is 1.32. The third kappa shape index (κ3) is 4.61. The maximum absolute atomic E-state index is 13.1. The van der Waals surface area contributed by atoms with E-state index in [1.54, 1.807) is 12.3 Å². The lowest BCUT2D eigenvalue weighted by atomic mass is 9.90. The van der Waals surface area contributed by atoms with E-state index in [9.17, 15) is 4.79 Å². The van der Waals surface area contributed by atoms with E-state index >= 15 is 0 Å². The summed E-state index contributed by atoms with van der Waals surface area (Å²) in [5, 5.41) is 11.3. The van der Waals surface area contributed by atoms with E-state index in [0.717, 1.165) is 29.7 Å². The number of hydrogen-bond acceptors (Lipinski definition) is 7. The van der Waals surface area contributed by atoms with Gasteiger partial charge in [-0.3, -0.25) is 9.78 Å². The van der Waals surface area contributed by atoms with Crippen LogP contribution in [0.15, 0.2) is 47.0 Å². The summed E-state index contributed by atoms with van der Waals surface area (Å²) < 4.78 is 17.3. The standard InChI is InChI=1S/C25H28N4O4/c1-24(2,23-29-28-22(33-23)17-7-5-4-6-8-17)27-21(30)19-11-20(18(12-26-19)16-9-10-16)32-15-25(3)13-31-14-25/h4-8,11-12,16H,9-10,13-15H2,1-3H3,(H,27,30). The van der Waals surface area contributed by atoms with Gasteiger partial charge in [-0.15, -0.1) is 10.2 Å². The van der Waals surface area contributed by atoms with Gasteiger partial charge in [0.05, 0.1) is 19.8 Å². The van der Waals surface area contributed by atoms with E-state index in [-0.39, 0.29) is 11.3 Å². The lowest BCUT2D eigenvalue weighted by Crippen LogP contribution is -2.44. The first-order valence-electron chi connectivity index (χ1n) is 11.3. The van der Waals surface area contributed by atoms with Gasteiger partial charge in [0.25, 0.3) is 5.91 Å². The Morgan fingerprint density at radius 3 is 2.64 bits per heavy atom. The van der Waals surface area contributed by atoms with Gasteiger partial charge in [-0.05, 0) is 44.7 Å². The van der Waals surface area contributed by atoms with Gasteiger partial charge in [-0.2, -0.15) is 0 Å². The Morgan fingerprint density at radius 2 is 1.97 bits per heavy atom. The molecule has 3 aromatic rings. The van der Waals surface area contributed by atoms with Gasteiger partial charge in [0.15, 0.2) is 0 Å². The highest BCUT2D eigenvalue weighted by Crippen LogP contribution is 2.44. The van der Waals surface area contributed by atoms with Crippen molar-refractivity contribution < 1.29 is 18.7 Å². The molecular formula is C25H28N4O4. The van der Waals surface area contributed by atoms with Crippen LogP contribution < -0.4 is 10.1 Å². The molecular weight excluding hydrogens is 420 g/mol. The number of amides is 1. The largest absolute Gasteiger partial charge is 0.492 e. The van der Waals surface area contributed by atoms with Crippen LogP contribution in [-0.2, 0) is 10.3 Å². The fraction of sp³-hybridized carbons (Fsp3) is 0.440. The number of ether oxygens (including phenoxy) is 2. The van der Waals surface area contributed by atoms with Crippen LogP contribution in [0.2, 0.25) is 0 Å². The lowest BCUT2D eigenvalue weighted by molar-refractivity contribution is -0.120. The van der Waals surface area contributed by atoms with Gasteiger partial charge in [0, 0.05) is 28.8 Å².